The van der Waals surface area contributed by atoms with Gasteiger partial charge in [-0.05, 0) is 18.6 Å². The zero-order chi connectivity index (χ0) is 14.4. The van der Waals surface area contributed by atoms with Crippen LogP contribution in [0.15, 0.2) is 18.2 Å². The van der Waals surface area contributed by atoms with Crippen LogP contribution < -0.4 is 20.1 Å². The number of carbonyl (C=O) groups excluding carboxylic acids is 2. The molecule has 2 N–H and O–H groups in total. The van der Waals surface area contributed by atoms with Gasteiger partial charge in [0.25, 0.3) is 0 Å². The van der Waals surface area contributed by atoms with E-state index < -0.39 is 0 Å². The lowest BCUT2D eigenvalue weighted by Gasteiger charge is -2.07. The van der Waals surface area contributed by atoms with Crippen LogP contribution in [-0.4, -0.2) is 25.2 Å². The smallest absolute Gasteiger partial charge is 0.233 e. The molecule has 0 aliphatic carbocycles. The number of nitrogens with one attached hydrogen (secondary N) is 2. The van der Waals surface area contributed by atoms with Gasteiger partial charge in [0.1, 0.15) is 6.42 Å². The predicted molar refractivity (Wildman–Crippen MR) is 73.7 cm³/mol. The summed E-state index contributed by atoms with van der Waals surface area (Å²) in [7, 11) is 0. The van der Waals surface area contributed by atoms with Crippen LogP contribution in [0.1, 0.15) is 26.2 Å². The molecule has 1 aromatic carbocycles. The van der Waals surface area contributed by atoms with E-state index in [9.17, 15) is 9.59 Å². The van der Waals surface area contributed by atoms with E-state index in [0.29, 0.717) is 23.7 Å². The molecule has 1 aromatic rings. The van der Waals surface area contributed by atoms with Gasteiger partial charge in [0, 0.05) is 18.3 Å². The van der Waals surface area contributed by atoms with Gasteiger partial charge in [-0.25, -0.2) is 0 Å². The van der Waals surface area contributed by atoms with Crippen molar-refractivity contribution in [3.05, 3.63) is 18.2 Å². The fraction of sp³-hybridized carbons (Fsp3) is 0.429. The quantitative estimate of drug-likeness (QED) is 0.613. The summed E-state index contributed by atoms with van der Waals surface area (Å²) < 4.78 is 10.4. The van der Waals surface area contributed by atoms with Crippen molar-refractivity contribution in [3.8, 4) is 11.5 Å². The Morgan fingerprint density at radius 1 is 1.20 bits per heavy atom. The van der Waals surface area contributed by atoms with Gasteiger partial charge in [-0.2, -0.15) is 0 Å². The summed E-state index contributed by atoms with van der Waals surface area (Å²) in [5.41, 5.74) is 0.584. The first kappa shape index (κ1) is 14.2. The lowest BCUT2D eigenvalue weighted by Crippen LogP contribution is -2.28. The average Bonchev–Trinajstić information content (AvgIpc) is 2.86. The molecule has 0 saturated carbocycles. The normalized spacial score (nSPS) is 12.1. The third-order valence-corrected chi connectivity index (χ3v) is 2.83. The number of fused-ring (bicyclic) bond motifs is 1. The number of benzene rings is 1. The zero-order valence-corrected chi connectivity index (χ0v) is 11.4. The van der Waals surface area contributed by atoms with Gasteiger partial charge in [0.05, 0.1) is 0 Å². The van der Waals surface area contributed by atoms with E-state index in [-0.39, 0.29) is 25.0 Å². The van der Waals surface area contributed by atoms with E-state index in [2.05, 4.69) is 10.6 Å². The second-order valence-electron chi connectivity index (χ2n) is 4.50. The summed E-state index contributed by atoms with van der Waals surface area (Å²) in [6.45, 7) is 2.83. The monoisotopic (exact) mass is 278 g/mol. The Kier molecular flexibility index (Phi) is 4.81. The summed E-state index contributed by atoms with van der Waals surface area (Å²) >= 11 is 0. The van der Waals surface area contributed by atoms with Crippen molar-refractivity contribution >= 4 is 17.5 Å². The van der Waals surface area contributed by atoms with Crippen LogP contribution in [0.4, 0.5) is 5.69 Å². The van der Waals surface area contributed by atoms with E-state index in [1.807, 2.05) is 6.92 Å². The molecule has 0 saturated heterocycles. The third-order valence-electron chi connectivity index (χ3n) is 2.83. The Hall–Kier alpha value is -2.24. The Labute approximate surface area is 117 Å². The molecule has 0 bridgehead atoms. The van der Waals surface area contributed by atoms with Crippen molar-refractivity contribution in [1.29, 1.82) is 0 Å². The first-order valence-corrected chi connectivity index (χ1v) is 6.65. The lowest BCUT2D eigenvalue weighted by atomic mass is 10.2. The number of hydrogen-bond acceptors (Lipinski definition) is 4. The molecule has 0 spiro atoms. The van der Waals surface area contributed by atoms with Crippen LogP contribution >= 0.6 is 0 Å². The fourth-order valence-corrected chi connectivity index (χ4v) is 1.79. The summed E-state index contributed by atoms with van der Waals surface area (Å²) in [4.78, 5) is 23.2. The first-order valence-electron chi connectivity index (χ1n) is 6.65. The largest absolute Gasteiger partial charge is 0.454 e. The standard InChI is InChI=1S/C14H18N2O4/c1-2-3-6-15-13(17)8-14(18)16-10-4-5-11-12(7-10)20-9-19-11/h4-5,7H,2-3,6,8-9H2,1H3,(H,15,17)(H,16,18). The topological polar surface area (TPSA) is 76.7 Å². The van der Waals surface area contributed by atoms with Crippen LogP contribution in [0.25, 0.3) is 0 Å². The molecule has 2 rings (SSSR count). The summed E-state index contributed by atoms with van der Waals surface area (Å²) in [6, 6.07) is 5.11. The number of ether oxygens (including phenoxy) is 2. The number of anilines is 1. The number of hydrogen-bond donors (Lipinski definition) is 2. The molecule has 20 heavy (non-hydrogen) atoms. The maximum atomic E-state index is 11.7. The van der Waals surface area contributed by atoms with Crippen molar-refractivity contribution in [2.24, 2.45) is 0 Å². The maximum absolute atomic E-state index is 11.7. The van der Waals surface area contributed by atoms with Crippen molar-refractivity contribution in [2.45, 2.75) is 26.2 Å². The molecule has 1 aliphatic rings. The summed E-state index contributed by atoms with van der Waals surface area (Å²) in [5, 5.41) is 5.36. The molecule has 0 fully saturated rings. The molecule has 108 valence electrons. The molecular formula is C14H18N2O4. The highest BCUT2D eigenvalue weighted by molar-refractivity contribution is 6.03. The molecule has 0 radical (unpaired) electrons. The van der Waals surface area contributed by atoms with Gasteiger partial charge in [-0.3, -0.25) is 9.59 Å². The first-order chi connectivity index (χ1) is 9.69. The molecule has 0 unspecified atom stereocenters. The van der Waals surface area contributed by atoms with Crippen molar-refractivity contribution in [2.75, 3.05) is 18.7 Å². The fourth-order valence-electron chi connectivity index (χ4n) is 1.79. The summed E-state index contributed by atoms with van der Waals surface area (Å²) in [6.07, 6.45) is 1.73. The molecule has 0 aromatic heterocycles. The van der Waals surface area contributed by atoms with Crippen molar-refractivity contribution < 1.29 is 19.1 Å². The third kappa shape index (κ3) is 3.88. The van der Waals surface area contributed by atoms with Gasteiger partial charge in [-0.1, -0.05) is 13.3 Å². The zero-order valence-electron chi connectivity index (χ0n) is 11.4. The maximum Gasteiger partial charge on any atom is 0.233 e. The van der Waals surface area contributed by atoms with E-state index in [1.54, 1.807) is 18.2 Å². The van der Waals surface area contributed by atoms with Gasteiger partial charge >= 0.3 is 0 Å². The average molecular weight is 278 g/mol. The second-order valence-corrected chi connectivity index (χ2v) is 4.50. The summed E-state index contributed by atoms with van der Waals surface area (Å²) in [5.74, 6) is 0.630. The SMILES string of the molecule is CCCCNC(=O)CC(=O)Nc1ccc2c(c1)OCO2. The van der Waals surface area contributed by atoms with Gasteiger partial charge in [-0.15, -0.1) is 0 Å². The predicted octanol–water partition coefficient (Wildman–Crippen LogP) is 1.66. The van der Waals surface area contributed by atoms with Crippen LogP contribution in [0.2, 0.25) is 0 Å². The molecule has 6 nitrogen and oxygen atoms in total. The Morgan fingerprint density at radius 3 is 2.80 bits per heavy atom. The van der Waals surface area contributed by atoms with Crippen molar-refractivity contribution in [3.63, 3.8) is 0 Å². The minimum absolute atomic E-state index is 0.182. The molecule has 2 amide bonds. The molecular weight excluding hydrogens is 260 g/mol. The number of amides is 2. The van der Waals surface area contributed by atoms with E-state index in [4.69, 9.17) is 9.47 Å². The molecule has 0 atom stereocenters. The molecule has 6 heteroatoms. The minimum Gasteiger partial charge on any atom is -0.454 e. The second kappa shape index (κ2) is 6.79. The van der Waals surface area contributed by atoms with E-state index in [0.717, 1.165) is 12.8 Å². The number of carbonyl (C=O) groups is 2. The lowest BCUT2D eigenvalue weighted by molar-refractivity contribution is -0.126. The highest BCUT2D eigenvalue weighted by Crippen LogP contribution is 2.34. The molecule has 1 aliphatic heterocycles. The minimum atomic E-state index is -0.349. The van der Waals surface area contributed by atoms with Crippen molar-refractivity contribution in [1.82, 2.24) is 5.32 Å². The highest BCUT2D eigenvalue weighted by atomic mass is 16.7. The number of unbranched alkanes of at least 4 members (excludes halogenated alkanes) is 1. The Bertz CT molecular complexity index is 502. The number of rotatable bonds is 6. The van der Waals surface area contributed by atoms with Crippen LogP contribution in [0.5, 0.6) is 11.5 Å². The highest BCUT2D eigenvalue weighted by Gasteiger charge is 2.15. The van der Waals surface area contributed by atoms with Crippen LogP contribution in [0.3, 0.4) is 0 Å². The van der Waals surface area contributed by atoms with Crippen LogP contribution in [-0.2, 0) is 9.59 Å². The van der Waals surface area contributed by atoms with Gasteiger partial charge in [0.2, 0.25) is 18.6 Å². The van der Waals surface area contributed by atoms with Crippen LogP contribution in [0, 0.1) is 0 Å². The van der Waals surface area contributed by atoms with E-state index >= 15 is 0 Å². The Morgan fingerprint density at radius 2 is 2.00 bits per heavy atom. The van der Waals surface area contributed by atoms with Gasteiger partial charge < -0.3 is 20.1 Å². The molecule has 1 heterocycles. The Balaban J connectivity index is 1.81. The van der Waals surface area contributed by atoms with Gasteiger partial charge in [0.15, 0.2) is 11.5 Å². The van der Waals surface area contributed by atoms with E-state index in [1.165, 1.54) is 0 Å².